The summed E-state index contributed by atoms with van der Waals surface area (Å²) in [6, 6.07) is 6.14. The third-order valence-electron chi connectivity index (χ3n) is 2.37. The minimum Gasteiger partial charge on any atom is -0.427 e. The first-order chi connectivity index (χ1) is 7.59. The number of rotatable bonds is 2. The lowest BCUT2D eigenvalue weighted by atomic mass is 10.0. The second kappa shape index (κ2) is 3.80. The van der Waals surface area contributed by atoms with Crippen LogP contribution < -0.4 is 0 Å². The molecule has 0 bridgehead atoms. The molecule has 84 valence electrons. The maximum atomic E-state index is 10.9. The lowest BCUT2D eigenvalue weighted by Crippen LogP contribution is -2.12. The molecule has 2 atom stereocenters. The lowest BCUT2D eigenvalue weighted by Gasteiger charge is -2.11. The average molecular weight is 223 g/mol. The molecule has 0 unspecified atom stereocenters. The number of para-hydroxylation sites is 1. The zero-order chi connectivity index (χ0) is 11.7. The predicted molar refractivity (Wildman–Crippen MR) is 52.9 cm³/mol. The molecule has 1 fully saturated rings. The first kappa shape index (κ1) is 10.4. The third kappa shape index (κ3) is 1.69. The Hall–Kier alpha value is -2.11. The van der Waals surface area contributed by atoms with Crippen molar-refractivity contribution in [3.05, 3.63) is 39.9 Å². The number of hydrogen-bond acceptors (Lipinski definition) is 5. The summed E-state index contributed by atoms with van der Waals surface area (Å²) in [5.74, 6) is 0. The largest absolute Gasteiger partial charge is 0.509 e. The summed E-state index contributed by atoms with van der Waals surface area (Å²) in [7, 11) is 0. The quantitative estimate of drug-likeness (QED) is 0.436. The van der Waals surface area contributed by atoms with Crippen LogP contribution >= 0.6 is 0 Å². The molecule has 0 amide bonds. The third-order valence-corrected chi connectivity index (χ3v) is 2.37. The highest BCUT2D eigenvalue weighted by Crippen LogP contribution is 2.34. The van der Waals surface area contributed by atoms with Gasteiger partial charge in [0.15, 0.2) is 6.10 Å². The van der Waals surface area contributed by atoms with Crippen LogP contribution in [-0.2, 0) is 9.47 Å². The van der Waals surface area contributed by atoms with Crippen molar-refractivity contribution in [1.82, 2.24) is 0 Å². The standard InChI is InChI=1S/C10H9NO5/c1-6-9(16-10(12)15-6)7-4-2-3-5-8(7)11(13)14/h2-6,9H,1H3/t6-,9+/m1/s1. The summed E-state index contributed by atoms with van der Waals surface area (Å²) in [4.78, 5) is 21.2. The molecule has 1 aliphatic rings. The van der Waals surface area contributed by atoms with Gasteiger partial charge in [0, 0.05) is 6.07 Å². The number of ether oxygens (including phenoxy) is 2. The molecule has 6 heteroatoms. The van der Waals surface area contributed by atoms with Gasteiger partial charge in [0.2, 0.25) is 0 Å². The van der Waals surface area contributed by atoms with Crippen LogP contribution in [-0.4, -0.2) is 17.2 Å². The highest BCUT2D eigenvalue weighted by atomic mass is 16.8. The second-order valence-electron chi connectivity index (χ2n) is 3.43. The molecular formula is C10H9NO5. The fourth-order valence-corrected chi connectivity index (χ4v) is 1.65. The van der Waals surface area contributed by atoms with Crippen LogP contribution in [0, 0.1) is 10.1 Å². The Morgan fingerprint density at radius 2 is 2.00 bits per heavy atom. The van der Waals surface area contributed by atoms with Crippen molar-refractivity contribution in [2.24, 2.45) is 0 Å². The predicted octanol–water partition coefficient (Wildman–Crippen LogP) is 2.19. The molecule has 1 aromatic carbocycles. The van der Waals surface area contributed by atoms with Crippen molar-refractivity contribution >= 4 is 11.8 Å². The monoisotopic (exact) mass is 223 g/mol. The van der Waals surface area contributed by atoms with Gasteiger partial charge in [-0.3, -0.25) is 10.1 Å². The molecule has 0 aromatic heterocycles. The van der Waals surface area contributed by atoms with Gasteiger partial charge in [-0.15, -0.1) is 0 Å². The van der Waals surface area contributed by atoms with Gasteiger partial charge in [0.25, 0.3) is 5.69 Å². The number of hydrogen-bond donors (Lipinski definition) is 0. The number of nitro benzene ring substituents is 1. The molecule has 0 radical (unpaired) electrons. The van der Waals surface area contributed by atoms with E-state index in [-0.39, 0.29) is 5.69 Å². The average Bonchev–Trinajstić information content (AvgIpc) is 2.57. The zero-order valence-electron chi connectivity index (χ0n) is 8.45. The van der Waals surface area contributed by atoms with Gasteiger partial charge < -0.3 is 9.47 Å². The maximum Gasteiger partial charge on any atom is 0.509 e. The van der Waals surface area contributed by atoms with E-state index in [0.29, 0.717) is 5.56 Å². The summed E-state index contributed by atoms with van der Waals surface area (Å²) >= 11 is 0. The Bertz CT molecular complexity index is 445. The van der Waals surface area contributed by atoms with Crippen molar-refractivity contribution in [2.45, 2.75) is 19.1 Å². The van der Waals surface area contributed by atoms with E-state index < -0.39 is 23.3 Å². The van der Waals surface area contributed by atoms with Crippen molar-refractivity contribution in [3.8, 4) is 0 Å². The molecule has 0 spiro atoms. The van der Waals surface area contributed by atoms with Crippen LogP contribution in [0.4, 0.5) is 10.5 Å². The number of nitrogens with zero attached hydrogens (tertiary/aromatic N) is 1. The Balaban J connectivity index is 2.40. The van der Waals surface area contributed by atoms with E-state index in [2.05, 4.69) is 0 Å². The molecule has 1 saturated heterocycles. The topological polar surface area (TPSA) is 78.7 Å². The fourth-order valence-electron chi connectivity index (χ4n) is 1.65. The van der Waals surface area contributed by atoms with E-state index in [4.69, 9.17) is 9.47 Å². The lowest BCUT2D eigenvalue weighted by molar-refractivity contribution is -0.386. The van der Waals surface area contributed by atoms with E-state index in [1.807, 2.05) is 0 Å². The molecule has 16 heavy (non-hydrogen) atoms. The van der Waals surface area contributed by atoms with Gasteiger partial charge in [-0.05, 0) is 13.0 Å². The summed E-state index contributed by atoms with van der Waals surface area (Å²) < 4.78 is 9.66. The van der Waals surface area contributed by atoms with Crippen molar-refractivity contribution in [3.63, 3.8) is 0 Å². The Morgan fingerprint density at radius 3 is 2.56 bits per heavy atom. The van der Waals surface area contributed by atoms with Crippen LogP contribution in [0.2, 0.25) is 0 Å². The number of cyclic esters (lactones) is 2. The first-order valence-electron chi connectivity index (χ1n) is 4.70. The van der Waals surface area contributed by atoms with Gasteiger partial charge >= 0.3 is 6.16 Å². The minimum absolute atomic E-state index is 0.0716. The molecule has 1 aliphatic heterocycles. The molecule has 1 heterocycles. The first-order valence-corrected chi connectivity index (χ1v) is 4.70. The molecule has 1 aromatic rings. The van der Waals surface area contributed by atoms with Crippen molar-refractivity contribution in [1.29, 1.82) is 0 Å². The molecule has 0 N–H and O–H groups in total. The molecule has 0 aliphatic carbocycles. The Labute approximate surface area is 90.9 Å². The van der Waals surface area contributed by atoms with E-state index >= 15 is 0 Å². The second-order valence-corrected chi connectivity index (χ2v) is 3.43. The van der Waals surface area contributed by atoms with E-state index in [0.717, 1.165) is 0 Å². The molecular weight excluding hydrogens is 214 g/mol. The van der Waals surface area contributed by atoms with Crippen LogP contribution in [0.25, 0.3) is 0 Å². The fraction of sp³-hybridized carbons (Fsp3) is 0.300. The summed E-state index contributed by atoms with van der Waals surface area (Å²) in [5, 5.41) is 10.8. The molecule has 0 saturated carbocycles. The Morgan fingerprint density at radius 1 is 1.31 bits per heavy atom. The SMILES string of the molecule is C[C@H]1OC(=O)O[C@@H]1c1ccccc1[N+](=O)[O-]. The minimum atomic E-state index is -0.796. The summed E-state index contributed by atoms with van der Waals surface area (Å²) in [5.41, 5.74) is 0.281. The highest BCUT2D eigenvalue weighted by Gasteiger charge is 2.38. The van der Waals surface area contributed by atoms with Crippen molar-refractivity contribution in [2.75, 3.05) is 0 Å². The van der Waals surface area contributed by atoms with Gasteiger partial charge in [0.1, 0.15) is 6.10 Å². The zero-order valence-corrected chi connectivity index (χ0v) is 8.45. The van der Waals surface area contributed by atoms with E-state index in [1.165, 1.54) is 6.07 Å². The van der Waals surface area contributed by atoms with Crippen LogP contribution in [0.3, 0.4) is 0 Å². The van der Waals surface area contributed by atoms with Gasteiger partial charge in [-0.1, -0.05) is 12.1 Å². The van der Waals surface area contributed by atoms with Crippen LogP contribution in [0.5, 0.6) is 0 Å². The molecule has 6 nitrogen and oxygen atoms in total. The van der Waals surface area contributed by atoms with Crippen LogP contribution in [0.15, 0.2) is 24.3 Å². The molecule has 2 rings (SSSR count). The summed E-state index contributed by atoms with van der Waals surface area (Å²) in [6.45, 7) is 1.63. The van der Waals surface area contributed by atoms with Gasteiger partial charge in [-0.25, -0.2) is 4.79 Å². The number of carbonyl (C=O) groups excluding carboxylic acids is 1. The van der Waals surface area contributed by atoms with Gasteiger partial charge in [0.05, 0.1) is 10.5 Å². The van der Waals surface area contributed by atoms with Gasteiger partial charge in [-0.2, -0.15) is 0 Å². The normalized spacial score (nSPS) is 23.7. The van der Waals surface area contributed by atoms with Crippen molar-refractivity contribution < 1.29 is 19.2 Å². The van der Waals surface area contributed by atoms with E-state index in [1.54, 1.807) is 25.1 Å². The highest BCUT2D eigenvalue weighted by molar-refractivity contribution is 5.63. The number of nitro groups is 1. The van der Waals surface area contributed by atoms with E-state index in [9.17, 15) is 14.9 Å². The summed E-state index contributed by atoms with van der Waals surface area (Å²) in [6.07, 6.45) is -2.03. The van der Waals surface area contributed by atoms with Crippen LogP contribution in [0.1, 0.15) is 18.6 Å². The number of benzene rings is 1. The number of carbonyl (C=O) groups is 1. The maximum absolute atomic E-state index is 10.9. The Kier molecular flexibility index (Phi) is 2.47. The smallest absolute Gasteiger partial charge is 0.427 e.